The molecule has 0 saturated heterocycles. The highest BCUT2D eigenvalue weighted by Crippen LogP contribution is 2.39. The molecule has 0 aromatic carbocycles. The first-order chi connectivity index (χ1) is 6.70. The number of hydrogen-bond donors (Lipinski definition) is 1. The second-order valence-electron chi connectivity index (χ2n) is 4.72. The minimum Gasteiger partial charge on any atom is -0.337 e. The van der Waals surface area contributed by atoms with Crippen LogP contribution in [0, 0.1) is 5.41 Å². The summed E-state index contributed by atoms with van der Waals surface area (Å²) in [5.41, 5.74) is 0.561. The van der Waals surface area contributed by atoms with Crippen LogP contribution in [0.3, 0.4) is 0 Å². The van der Waals surface area contributed by atoms with Gasteiger partial charge in [-0.15, -0.1) is 12.4 Å². The van der Waals surface area contributed by atoms with Crippen molar-refractivity contribution in [1.29, 1.82) is 0 Å². The first-order valence-corrected chi connectivity index (χ1v) is 5.37. The average Bonchev–Trinajstić information content (AvgIpc) is 2.49. The van der Waals surface area contributed by atoms with Crippen molar-refractivity contribution in [3.63, 3.8) is 0 Å². The van der Waals surface area contributed by atoms with Gasteiger partial charge in [-0.1, -0.05) is 13.3 Å². The molecule has 86 valence electrons. The smallest absolute Gasteiger partial charge is 0.122 e. The van der Waals surface area contributed by atoms with Crippen molar-refractivity contribution in [1.82, 2.24) is 14.9 Å². The molecule has 0 aliphatic heterocycles. The SMILES string of the molecule is Cl.Cn1ccnc1CNCC1(C)CCC1. The molecule has 1 N–H and O–H groups in total. The minimum absolute atomic E-state index is 0. The fraction of sp³-hybridized carbons (Fsp3) is 0.727. The fourth-order valence-electron chi connectivity index (χ4n) is 2.00. The summed E-state index contributed by atoms with van der Waals surface area (Å²) >= 11 is 0. The molecule has 1 aromatic heterocycles. The Kier molecular flexibility index (Phi) is 4.17. The summed E-state index contributed by atoms with van der Waals surface area (Å²) in [6, 6.07) is 0. The van der Waals surface area contributed by atoms with Gasteiger partial charge in [0.1, 0.15) is 5.82 Å². The molecule has 1 aromatic rings. The zero-order chi connectivity index (χ0) is 10.0. The van der Waals surface area contributed by atoms with Crippen LogP contribution in [0.5, 0.6) is 0 Å². The summed E-state index contributed by atoms with van der Waals surface area (Å²) in [6.07, 6.45) is 7.99. The van der Waals surface area contributed by atoms with Gasteiger partial charge in [-0.2, -0.15) is 0 Å². The molecule has 1 aliphatic carbocycles. The zero-order valence-electron chi connectivity index (χ0n) is 9.49. The van der Waals surface area contributed by atoms with E-state index in [0.717, 1.165) is 18.9 Å². The summed E-state index contributed by atoms with van der Waals surface area (Å²) in [5.74, 6) is 1.12. The molecule has 15 heavy (non-hydrogen) atoms. The second kappa shape index (κ2) is 4.99. The Morgan fingerprint density at radius 3 is 2.73 bits per heavy atom. The summed E-state index contributed by atoms with van der Waals surface area (Å²) < 4.78 is 2.07. The van der Waals surface area contributed by atoms with Crippen molar-refractivity contribution in [3.8, 4) is 0 Å². The third-order valence-corrected chi connectivity index (χ3v) is 3.32. The van der Waals surface area contributed by atoms with Crippen molar-refractivity contribution in [2.45, 2.75) is 32.7 Å². The van der Waals surface area contributed by atoms with Gasteiger partial charge in [0.2, 0.25) is 0 Å². The maximum atomic E-state index is 4.28. The Morgan fingerprint density at radius 2 is 2.27 bits per heavy atom. The lowest BCUT2D eigenvalue weighted by Crippen LogP contribution is -2.37. The molecule has 1 fully saturated rings. The Hall–Kier alpha value is -0.540. The molecule has 0 amide bonds. The van der Waals surface area contributed by atoms with Gasteiger partial charge in [0.05, 0.1) is 6.54 Å². The van der Waals surface area contributed by atoms with Crippen molar-refractivity contribution < 1.29 is 0 Å². The Morgan fingerprint density at radius 1 is 1.53 bits per heavy atom. The minimum atomic E-state index is 0. The number of aromatic nitrogens is 2. The quantitative estimate of drug-likeness (QED) is 0.857. The molecule has 0 spiro atoms. The Balaban J connectivity index is 0.00000112. The first kappa shape index (κ1) is 12.5. The number of nitrogens with one attached hydrogen (secondary N) is 1. The van der Waals surface area contributed by atoms with Crippen LogP contribution in [-0.2, 0) is 13.6 Å². The lowest BCUT2D eigenvalue weighted by Gasteiger charge is -2.38. The van der Waals surface area contributed by atoms with Gasteiger partial charge < -0.3 is 9.88 Å². The van der Waals surface area contributed by atoms with Crippen molar-refractivity contribution in [3.05, 3.63) is 18.2 Å². The van der Waals surface area contributed by atoms with Crippen LogP contribution >= 0.6 is 12.4 Å². The van der Waals surface area contributed by atoms with Crippen LogP contribution in [0.25, 0.3) is 0 Å². The van der Waals surface area contributed by atoms with Gasteiger partial charge in [-0.3, -0.25) is 0 Å². The molecule has 2 rings (SSSR count). The fourth-order valence-corrected chi connectivity index (χ4v) is 2.00. The van der Waals surface area contributed by atoms with E-state index in [1.54, 1.807) is 0 Å². The summed E-state index contributed by atoms with van der Waals surface area (Å²) in [5, 5.41) is 3.49. The number of aryl methyl sites for hydroxylation is 1. The van der Waals surface area contributed by atoms with Gasteiger partial charge in [0, 0.05) is 26.0 Å². The number of imidazole rings is 1. The second-order valence-corrected chi connectivity index (χ2v) is 4.72. The standard InChI is InChI=1S/C11H19N3.ClH/c1-11(4-3-5-11)9-12-8-10-13-6-7-14(10)2;/h6-7,12H,3-5,8-9H2,1-2H3;1H. The number of rotatable bonds is 4. The molecule has 1 heterocycles. The van der Waals surface area contributed by atoms with Crippen LogP contribution in [0.1, 0.15) is 32.0 Å². The maximum absolute atomic E-state index is 4.28. The number of hydrogen-bond acceptors (Lipinski definition) is 2. The molecule has 1 aliphatic rings. The predicted octanol–water partition coefficient (Wildman–Crippen LogP) is 2.12. The molecule has 0 radical (unpaired) electrons. The molecule has 0 bridgehead atoms. The van der Waals surface area contributed by atoms with E-state index in [-0.39, 0.29) is 12.4 Å². The van der Waals surface area contributed by atoms with Gasteiger partial charge in [0.15, 0.2) is 0 Å². The summed E-state index contributed by atoms with van der Waals surface area (Å²) in [6.45, 7) is 4.38. The highest BCUT2D eigenvalue weighted by atomic mass is 35.5. The first-order valence-electron chi connectivity index (χ1n) is 5.37. The van der Waals surface area contributed by atoms with E-state index in [1.165, 1.54) is 19.3 Å². The van der Waals surface area contributed by atoms with Gasteiger partial charge in [-0.25, -0.2) is 4.98 Å². The number of nitrogens with zero attached hydrogens (tertiary/aromatic N) is 2. The Labute approximate surface area is 97.7 Å². The van der Waals surface area contributed by atoms with E-state index >= 15 is 0 Å². The van der Waals surface area contributed by atoms with Crippen molar-refractivity contribution in [2.24, 2.45) is 12.5 Å². The van der Waals surface area contributed by atoms with Crippen LogP contribution in [0.4, 0.5) is 0 Å². The van der Waals surface area contributed by atoms with E-state index in [0.29, 0.717) is 5.41 Å². The highest BCUT2D eigenvalue weighted by molar-refractivity contribution is 5.85. The maximum Gasteiger partial charge on any atom is 0.122 e. The number of halogens is 1. The summed E-state index contributed by atoms with van der Waals surface area (Å²) in [7, 11) is 2.04. The molecular formula is C11H20ClN3. The molecule has 3 nitrogen and oxygen atoms in total. The third kappa shape index (κ3) is 2.95. The van der Waals surface area contributed by atoms with Crippen LogP contribution in [-0.4, -0.2) is 16.1 Å². The lowest BCUT2D eigenvalue weighted by molar-refractivity contribution is 0.156. The molecular weight excluding hydrogens is 210 g/mol. The monoisotopic (exact) mass is 229 g/mol. The zero-order valence-corrected chi connectivity index (χ0v) is 10.3. The van der Waals surface area contributed by atoms with Gasteiger partial charge >= 0.3 is 0 Å². The molecule has 0 atom stereocenters. The van der Waals surface area contributed by atoms with Crippen LogP contribution < -0.4 is 5.32 Å². The summed E-state index contributed by atoms with van der Waals surface area (Å²) in [4.78, 5) is 4.28. The van der Waals surface area contributed by atoms with E-state index in [4.69, 9.17) is 0 Å². The van der Waals surface area contributed by atoms with E-state index < -0.39 is 0 Å². The average molecular weight is 230 g/mol. The van der Waals surface area contributed by atoms with Crippen molar-refractivity contribution in [2.75, 3.05) is 6.54 Å². The molecule has 0 unspecified atom stereocenters. The van der Waals surface area contributed by atoms with Crippen LogP contribution in [0.2, 0.25) is 0 Å². The topological polar surface area (TPSA) is 29.9 Å². The van der Waals surface area contributed by atoms with E-state index in [1.807, 2.05) is 19.4 Å². The largest absolute Gasteiger partial charge is 0.337 e. The molecule has 4 heteroatoms. The van der Waals surface area contributed by atoms with Gasteiger partial charge in [0.25, 0.3) is 0 Å². The van der Waals surface area contributed by atoms with E-state index in [9.17, 15) is 0 Å². The predicted molar refractivity (Wildman–Crippen MR) is 64.1 cm³/mol. The Bertz CT molecular complexity index is 305. The van der Waals surface area contributed by atoms with E-state index in [2.05, 4.69) is 21.8 Å². The highest BCUT2D eigenvalue weighted by Gasteiger charge is 2.30. The van der Waals surface area contributed by atoms with Crippen molar-refractivity contribution >= 4 is 12.4 Å². The molecule has 1 saturated carbocycles. The lowest BCUT2D eigenvalue weighted by atomic mass is 9.70. The van der Waals surface area contributed by atoms with Gasteiger partial charge in [-0.05, 0) is 18.3 Å². The normalized spacial score (nSPS) is 18.0. The third-order valence-electron chi connectivity index (χ3n) is 3.32. The van der Waals surface area contributed by atoms with Crippen LogP contribution in [0.15, 0.2) is 12.4 Å².